The molecule has 3 aromatic carbocycles. The van der Waals surface area contributed by atoms with Gasteiger partial charge in [0, 0.05) is 28.0 Å². The molecule has 0 aliphatic rings. The van der Waals surface area contributed by atoms with Crippen molar-refractivity contribution in [3.05, 3.63) is 94.1 Å². The van der Waals surface area contributed by atoms with Crippen LogP contribution in [0.4, 0.5) is 0 Å². The van der Waals surface area contributed by atoms with Gasteiger partial charge in [0.25, 0.3) is 0 Å². The van der Waals surface area contributed by atoms with Gasteiger partial charge in [-0.1, -0.05) is 56.3 Å². The van der Waals surface area contributed by atoms with Crippen LogP contribution in [0.15, 0.2) is 82.4 Å². The molecule has 1 aromatic heterocycles. The van der Waals surface area contributed by atoms with Crippen molar-refractivity contribution in [3.8, 4) is 11.5 Å². The number of benzene rings is 3. The number of aromatic carboxylic acids is 1. The molecule has 34 heavy (non-hydrogen) atoms. The molecule has 6 N–H and O–H groups in total. The molecule has 0 atom stereocenters. The maximum Gasteiger partial charge on any atom is 0.352 e. The summed E-state index contributed by atoms with van der Waals surface area (Å²) in [5.41, 5.74) is 10.5. The summed E-state index contributed by atoms with van der Waals surface area (Å²) in [5, 5.41) is 14.3. The highest BCUT2D eigenvalue weighted by Crippen LogP contribution is 2.34. The van der Waals surface area contributed by atoms with Crippen molar-refractivity contribution in [2.75, 3.05) is 0 Å². The number of hydrogen-bond donors (Lipinski definition) is 4. The Kier molecular flexibility index (Phi) is 8.29. The minimum absolute atomic E-state index is 0.176. The second-order valence-electron chi connectivity index (χ2n) is 7.00. The number of ether oxygens (including phenoxy) is 1. The Balaban J connectivity index is 0.00000158. The third-order valence-electron chi connectivity index (χ3n) is 4.92. The third kappa shape index (κ3) is 5.56. The van der Waals surface area contributed by atoms with Crippen molar-refractivity contribution in [3.63, 3.8) is 0 Å². The fourth-order valence-electron chi connectivity index (χ4n) is 3.42. The van der Waals surface area contributed by atoms with E-state index in [-0.39, 0.29) is 11.5 Å². The fraction of sp³-hybridized carbons (Fsp3) is 0.120. The smallest absolute Gasteiger partial charge is 0.352 e. The summed E-state index contributed by atoms with van der Waals surface area (Å²) in [6, 6.07) is 22.1. The molecule has 9 heteroatoms. The summed E-state index contributed by atoms with van der Waals surface area (Å²) in [6.07, 6.45) is 0. The third-order valence-corrected chi connectivity index (χ3v) is 5.57. The molecule has 0 radical (unpaired) electrons. The van der Waals surface area contributed by atoms with Crippen LogP contribution in [0.1, 0.15) is 35.5 Å². The van der Waals surface area contributed by atoms with Crippen LogP contribution in [0, 0.1) is 0 Å². The Morgan fingerprint density at radius 3 is 2.35 bits per heavy atom. The number of aromatic nitrogens is 1. The first-order valence-corrected chi connectivity index (χ1v) is 11.4. The van der Waals surface area contributed by atoms with Crippen LogP contribution in [-0.4, -0.2) is 21.5 Å². The van der Waals surface area contributed by atoms with E-state index < -0.39 is 5.97 Å². The van der Waals surface area contributed by atoms with E-state index in [4.69, 9.17) is 16.3 Å². The summed E-state index contributed by atoms with van der Waals surface area (Å²) in [6.45, 7) is 4.35. The molecule has 0 aliphatic heterocycles. The maximum atomic E-state index is 12.0. The number of carboxylic acid groups (broad SMARTS) is 1. The Morgan fingerprint density at radius 1 is 1.06 bits per heavy atom. The first kappa shape index (κ1) is 24.8. The molecule has 0 unspecified atom stereocenters. The van der Waals surface area contributed by atoms with Crippen LogP contribution in [0.2, 0.25) is 0 Å². The summed E-state index contributed by atoms with van der Waals surface area (Å²) < 4.78 is 8.46. The van der Waals surface area contributed by atoms with Crippen molar-refractivity contribution in [1.29, 1.82) is 0 Å². The summed E-state index contributed by atoms with van der Waals surface area (Å²) in [5.74, 6) is 5.70. The molecule has 0 aliphatic carbocycles. The van der Waals surface area contributed by atoms with E-state index in [2.05, 4.69) is 26.6 Å². The average Bonchev–Trinajstić information content (AvgIpc) is 3.21. The zero-order chi connectivity index (χ0) is 24.7. The number of hydrazine groups is 1. The topological polar surface area (TPSA) is 128 Å². The first-order chi connectivity index (χ1) is 16.5. The highest BCUT2D eigenvalue weighted by Gasteiger charge is 2.18. The van der Waals surface area contributed by atoms with E-state index in [9.17, 15) is 9.90 Å². The summed E-state index contributed by atoms with van der Waals surface area (Å²) >= 11 is 3.55. The number of para-hydroxylation sites is 1. The molecule has 0 amide bonds. The van der Waals surface area contributed by atoms with Crippen molar-refractivity contribution < 1.29 is 14.6 Å². The van der Waals surface area contributed by atoms with Crippen molar-refractivity contribution in [2.45, 2.75) is 20.4 Å². The molecule has 0 spiro atoms. The SMILES string of the molecule is CC.NN/N=C(\N)c1ccc(Cn2c(C(=O)O)cc3c(Br)cc(Oc4ccccc4)cc32)cc1. The van der Waals surface area contributed by atoms with Gasteiger partial charge in [-0.15, -0.1) is 5.10 Å². The van der Waals surface area contributed by atoms with Gasteiger partial charge in [0.1, 0.15) is 17.2 Å². The second kappa shape index (κ2) is 11.4. The molecule has 0 fully saturated rings. The monoisotopic (exact) mass is 523 g/mol. The number of nitrogens with zero attached hydrogens (tertiary/aromatic N) is 2. The number of rotatable bonds is 7. The molecule has 8 nitrogen and oxygen atoms in total. The minimum Gasteiger partial charge on any atom is -0.477 e. The normalized spacial score (nSPS) is 11.0. The van der Waals surface area contributed by atoms with Gasteiger partial charge in [0.05, 0.1) is 5.52 Å². The van der Waals surface area contributed by atoms with Gasteiger partial charge in [0.2, 0.25) is 0 Å². The van der Waals surface area contributed by atoms with Crippen LogP contribution < -0.4 is 21.8 Å². The van der Waals surface area contributed by atoms with Crippen LogP contribution in [0.25, 0.3) is 10.9 Å². The molecule has 0 bridgehead atoms. The summed E-state index contributed by atoms with van der Waals surface area (Å²) in [4.78, 5) is 12.0. The second-order valence-corrected chi connectivity index (χ2v) is 7.85. The van der Waals surface area contributed by atoms with E-state index in [0.717, 1.165) is 20.9 Å². The quantitative estimate of drug-likeness (QED) is 0.116. The average molecular weight is 524 g/mol. The molecule has 0 saturated carbocycles. The molecule has 176 valence electrons. The lowest BCUT2D eigenvalue weighted by Crippen LogP contribution is -2.23. The number of halogens is 1. The number of hydrazone groups is 1. The molecular weight excluding hydrogens is 498 g/mol. The van der Waals surface area contributed by atoms with E-state index in [1.54, 1.807) is 22.8 Å². The number of carbonyl (C=O) groups is 1. The largest absolute Gasteiger partial charge is 0.477 e. The maximum absolute atomic E-state index is 12.0. The van der Waals surface area contributed by atoms with Crippen LogP contribution in [0.5, 0.6) is 11.5 Å². The number of fused-ring (bicyclic) bond motifs is 1. The fourth-order valence-corrected chi connectivity index (χ4v) is 3.96. The van der Waals surface area contributed by atoms with E-state index in [1.807, 2.05) is 68.4 Å². The lowest BCUT2D eigenvalue weighted by Gasteiger charge is -2.12. The Morgan fingerprint density at radius 2 is 1.74 bits per heavy atom. The van der Waals surface area contributed by atoms with Crippen LogP contribution in [-0.2, 0) is 6.54 Å². The Hall–Kier alpha value is -3.82. The predicted molar refractivity (Wildman–Crippen MR) is 138 cm³/mol. The highest BCUT2D eigenvalue weighted by atomic mass is 79.9. The van der Waals surface area contributed by atoms with Gasteiger partial charge in [-0.05, 0) is 45.8 Å². The van der Waals surface area contributed by atoms with Gasteiger partial charge in [0.15, 0.2) is 5.84 Å². The first-order valence-electron chi connectivity index (χ1n) is 10.6. The van der Waals surface area contributed by atoms with Crippen LogP contribution >= 0.6 is 15.9 Å². The van der Waals surface area contributed by atoms with E-state index in [0.29, 0.717) is 23.6 Å². The van der Waals surface area contributed by atoms with Crippen molar-refractivity contribution in [1.82, 2.24) is 10.1 Å². The van der Waals surface area contributed by atoms with E-state index in [1.165, 1.54) is 0 Å². The predicted octanol–water partition coefficient (Wildman–Crippen LogP) is 5.05. The zero-order valence-corrected chi connectivity index (χ0v) is 20.4. The number of amidine groups is 1. The molecule has 4 rings (SSSR count). The zero-order valence-electron chi connectivity index (χ0n) is 18.8. The molecule has 1 heterocycles. The molecule has 0 saturated heterocycles. The van der Waals surface area contributed by atoms with Crippen LogP contribution in [0.3, 0.4) is 0 Å². The number of nitrogens with one attached hydrogen (secondary N) is 1. The highest BCUT2D eigenvalue weighted by molar-refractivity contribution is 9.10. The number of carboxylic acids is 1. The van der Waals surface area contributed by atoms with Gasteiger partial charge in [-0.25, -0.2) is 16.2 Å². The Labute approximate surface area is 205 Å². The molecular formula is C25H26BrN5O3. The summed E-state index contributed by atoms with van der Waals surface area (Å²) in [7, 11) is 0. The number of nitrogens with two attached hydrogens (primary N) is 2. The standard InChI is InChI=1S/C23H20BrN5O3.C2H6/c24-19-10-17(32-16-4-2-1-3-5-16)11-20-18(19)12-21(23(30)31)29(20)13-14-6-8-15(9-7-14)22(25)27-28-26;1-2/h1-12,28H,13,26H2,(H2,25,27)(H,30,31);1-2H3. The van der Waals surface area contributed by atoms with Crippen molar-refractivity contribution >= 4 is 38.6 Å². The van der Waals surface area contributed by atoms with E-state index >= 15 is 0 Å². The van der Waals surface area contributed by atoms with Gasteiger partial charge >= 0.3 is 5.97 Å². The number of hydrogen-bond acceptors (Lipinski definition) is 5. The Bertz CT molecular complexity index is 1300. The van der Waals surface area contributed by atoms with Gasteiger partial charge < -0.3 is 20.1 Å². The molecule has 4 aromatic rings. The van der Waals surface area contributed by atoms with Gasteiger partial charge in [-0.2, -0.15) is 0 Å². The lowest BCUT2D eigenvalue weighted by atomic mass is 10.1. The minimum atomic E-state index is -1.01. The van der Waals surface area contributed by atoms with Crippen molar-refractivity contribution in [2.24, 2.45) is 16.7 Å². The lowest BCUT2D eigenvalue weighted by molar-refractivity contribution is 0.0686. The van der Waals surface area contributed by atoms with Gasteiger partial charge in [-0.3, -0.25) is 0 Å².